The van der Waals surface area contributed by atoms with Gasteiger partial charge in [0.2, 0.25) is 0 Å². The Bertz CT molecular complexity index is 1710. The molecule has 0 saturated heterocycles. The van der Waals surface area contributed by atoms with E-state index in [9.17, 15) is 194 Å². The molecular formula is C22HF43O2. The first kappa shape index (κ1) is 63.5. The number of carbonyl (C=O) groups is 1. The van der Waals surface area contributed by atoms with Crippen molar-refractivity contribution < 1.29 is 199 Å². The van der Waals surface area contributed by atoms with E-state index < -0.39 is 131 Å². The molecule has 0 radical (unpaired) electrons. The van der Waals surface area contributed by atoms with Gasteiger partial charge in [-0.05, 0) is 0 Å². The fraction of sp³-hybridized carbons (Fsp3) is 0.955. The van der Waals surface area contributed by atoms with Gasteiger partial charge in [-0.2, -0.15) is 184 Å². The fourth-order valence-electron chi connectivity index (χ4n) is 4.01. The minimum absolute atomic E-state index is 6.48. The lowest BCUT2D eigenvalue weighted by atomic mass is 9.76. The summed E-state index contributed by atoms with van der Waals surface area (Å²) in [5.74, 6) is -190. The van der Waals surface area contributed by atoms with E-state index in [2.05, 4.69) is 0 Å². The van der Waals surface area contributed by atoms with Gasteiger partial charge in [0.1, 0.15) is 0 Å². The van der Waals surface area contributed by atoms with E-state index in [1.54, 1.807) is 0 Å². The second-order valence-electron chi connectivity index (χ2n) is 12.3. The minimum atomic E-state index is -10.7. The molecule has 0 rings (SSSR count). The van der Waals surface area contributed by atoms with Crippen LogP contribution >= 0.6 is 0 Å². The van der Waals surface area contributed by atoms with Crippen molar-refractivity contribution in [2.24, 2.45) is 0 Å². The summed E-state index contributed by atoms with van der Waals surface area (Å²) in [6, 6.07) is 0. The highest BCUT2D eigenvalue weighted by molar-refractivity contribution is 5.81. The van der Waals surface area contributed by atoms with Crippen molar-refractivity contribution >= 4 is 5.97 Å². The van der Waals surface area contributed by atoms with Gasteiger partial charge in [0.25, 0.3) is 0 Å². The van der Waals surface area contributed by atoms with Gasteiger partial charge in [-0.1, -0.05) is 0 Å². The summed E-state index contributed by atoms with van der Waals surface area (Å²) in [6.07, 6.45) is -17.2. The number of carboxylic acids is 1. The number of alkyl halides is 43. The van der Waals surface area contributed by atoms with Gasteiger partial charge in [-0.15, -0.1) is 0 Å². The molecule has 0 aliphatic heterocycles. The third-order valence-electron chi connectivity index (χ3n) is 8.18. The van der Waals surface area contributed by atoms with Gasteiger partial charge < -0.3 is 5.11 Å². The summed E-state index contributed by atoms with van der Waals surface area (Å²) in [6.45, 7) is 0. The second-order valence-corrected chi connectivity index (χ2v) is 12.3. The van der Waals surface area contributed by atoms with E-state index >= 15 is 0 Å². The van der Waals surface area contributed by atoms with Crippen molar-refractivity contribution in [2.75, 3.05) is 0 Å². The van der Waals surface area contributed by atoms with Gasteiger partial charge in [-0.25, -0.2) is 9.18 Å². The molecule has 67 heavy (non-hydrogen) atoms. The quantitative estimate of drug-likeness (QED) is 0.131. The van der Waals surface area contributed by atoms with Gasteiger partial charge >= 0.3 is 131 Å². The Morgan fingerprint density at radius 1 is 0.179 bits per heavy atom. The molecule has 0 aliphatic carbocycles. The lowest BCUT2D eigenvalue weighted by molar-refractivity contribution is -0.486. The Hall–Kier alpha value is -3.54. The van der Waals surface area contributed by atoms with Crippen molar-refractivity contribution in [1.29, 1.82) is 0 Å². The topological polar surface area (TPSA) is 37.3 Å². The van der Waals surface area contributed by atoms with Gasteiger partial charge in [0.05, 0.1) is 0 Å². The first-order valence-corrected chi connectivity index (χ1v) is 13.8. The number of aliphatic carboxylic acids is 1. The van der Waals surface area contributed by atoms with Crippen LogP contribution in [-0.4, -0.2) is 136 Å². The van der Waals surface area contributed by atoms with E-state index in [1.807, 2.05) is 0 Å². The lowest BCUT2D eigenvalue weighted by Crippen LogP contribution is -2.82. The zero-order valence-corrected chi connectivity index (χ0v) is 28.1. The predicted octanol–water partition coefficient (Wildman–Crippen LogP) is 13.3. The molecule has 0 spiro atoms. The summed E-state index contributed by atoms with van der Waals surface area (Å²) in [7, 11) is 0. The van der Waals surface area contributed by atoms with Crippen LogP contribution in [0.5, 0.6) is 0 Å². The van der Waals surface area contributed by atoms with Crippen LogP contribution in [0.3, 0.4) is 0 Å². The molecule has 0 aromatic carbocycles. The van der Waals surface area contributed by atoms with Crippen molar-refractivity contribution in [2.45, 2.75) is 125 Å². The standard InChI is InChI=1S/C22HF43O2/c23-2(1(66)67,3(24,25)5(28,29)7(32,33)9(36,37)11(40,41)13(44,45)15(48,49)17(52,53)19(56,57)21(60,61)62)4(26,27)6(30,31)8(34,35)10(38,39)12(42,43)14(46,47)16(50,51)18(54,55)20(58,59)22(63,64)65/h(H,66,67). The molecule has 0 saturated carbocycles. The van der Waals surface area contributed by atoms with Crippen LogP contribution in [0.25, 0.3) is 0 Å². The highest BCUT2D eigenvalue weighted by Gasteiger charge is 3.04. The van der Waals surface area contributed by atoms with Crippen molar-refractivity contribution in [3.05, 3.63) is 0 Å². The number of halogens is 43. The largest absolute Gasteiger partial charge is 0.479 e. The van der Waals surface area contributed by atoms with Gasteiger partial charge in [0.15, 0.2) is 0 Å². The SMILES string of the molecule is O=C(O)C(F)(C(F)(F)C(F)(F)C(F)(F)C(F)(F)C(F)(F)C(F)(F)C(F)(F)C(F)(F)C(F)(F)C(F)(F)F)C(F)(F)C(F)(F)C(F)(F)C(F)(F)C(F)(F)C(F)(F)C(F)(F)C(F)(F)C(F)(F)C(F)(F)F. The maximum absolute atomic E-state index is 14.8. The third-order valence-corrected chi connectivity index (χ3v) is 8.18. The predicted molar refractivity (Wildman–Crippen MR) is 113 cm³/mol. The minimum Gasteiger partial charge on any atom is -0.479 e. The second kappa shape index (κ2) is 15.0. The van der Waals surface area contributed by atoms with Crippen LogP contribution in [0.4, 0.5) is 189 Å². The van der Waals surface area contributed by atoms with Crippen molar-refractivity contribution in [1.82, 2.24) is 0 Å². The van der Waals surface area contributed by atoms with Crippen LogP contribution < -0.4 is 0 Å². The third kappa shape index (κ3) is 6.86. The molecule has 2 nitrogen and oxygen atoms in total. The molecular weight excluding hydrogens is 1110 g/mol. The van der Waals surface area contributed by atoms with E-state index in [1.165, 1.54) is 0 Å². The molecule has 0 aromatic heterocycles. The molecule has 0 unspecified atom stereocenters. The molecule has 0 fully saturated rings. The molecule has 0 aromatic rings. The van der Waals surface area contributed by atoms with E-state index in [-0.39, 0.29) is 0 Å². The summed E-state index contributed by atoms with van der Waals surface area (Å²) in [5, 5.41) is 8.13. The molecule has 0 aliphatic rings. The zero-order valence-electron chi connectivity index (χ0n) is 28.1. The smallest absolute Gasteiger partial charge is 0.460 e. The van der Waals surface area contributed by atoms with E-state index in [4.69, 9.17) is 5.11 Å². The Morgan fingerprint density at radius 3 is 0.358 bits per heavy atom. The maximum Gasteiger partial charge on any atom is 0.460 e. The molecule has 0 amide bonds. The highest BCUT2D eigenvalue weighted by atomic mass is 19.5. The highest BCUT2D eigenvalue weighted by Crippen LogP contribution is 2.71. The zero-order chi connectivity index (χ0) is 56.1. The van der Waals surface area contributed by atoms with E-state index in [0.29, 0.717) is 0 Å². The number of hydrogen-bond donors (Lipinski definition) is 1. The molecule has 0 bridgehead atoms. The van der Waals surface area contributed by atoms with Crippen molar-refractivity contribution in [3.63, 3.8) is 0 Å². The lowest BCUT2D eigenvalue weighted by Gasteiger charge is -2.48. The first-order valence-electron chi connectivity index (χ1n) is 13.8. The van der Waals surface area contributed by atoms with Crippen LogP contribution in [0.1, 0.15) is 0 Å². The van der Waals surface area contributed by atoms with Crippen LogP contribution in [0.15, 0.2) is 0 Å². The Balaban J connectivity index is 8.35. The van der Waals surface area contributed by atoms with E-state index in [0.717, 1.165) is 0 Å². The molecule has 0 heterocycles. The Labute approximate surface area is 330 Å². The maximum atomic E-state index is 14.8. The van der Waals surface area contributed by atoms with Crippen LogP contribution in [0, 0.1) is 0 Å². The summed E-state index contributed by atoms with van der Waals surface area (Å²) in [5.41, 5.74) is -10.3. The number of carboxylic acid groups (broad SMARTS) is 1. The first-order chi connectivity index (χ1) is 27.9. The molecule has 45 heteroatoms. The monoisotopic (exact) mass is 1110 g/mol. The summed E-state index contributed by atoms with van der Waals surface area (Å²) in [4.78, 5) is 10.8. The molecule has 402 valence electrons. The van der Waals surface area contributed by atoms with Crippen LogP contribution in [0.2, 0.25) is 0 Å². The Kier molecular flexibility index (Phi) is 14.2. The summed E-state index contributed by atoms with van der Waals surface area (Å²) < 4.78 is 584. The Morgan fingerprint density at radius 2 is 0.269 bits per heavy atom. The number of rotatable bonds is 19. The van der Waals surface area contributed by atoms with Crippen LogP contribution in [-0.2, 0) is 4.79 Å². The normalized spacial score (nSPS) is 17.3. The molecule has 1 N–H and O–H groups in total. The molecule has 0 atom stereocenters. The number of hydrogen-bond acceptors (Lipinski definition) is 1. The summed E-state index contributed by atoms with van der Waals surface area (Å²) >= 11 is 0. The fourth-order valence-corrected chi connectivity index (χ4v) is 4.01. The average molecular weight is 1110 g/mol. The average Bonchev–Trinajstić information content (AvgIpc) is 3.08. The van der Waals surface area contributed by atoms with Gasteiger partial charge in [0, 0.05) is 0 Å². The van der Waals surface area contributed by atoms with Gasteiger partial charge in [-0.3, -0.25) is 0 Å². The van der Waals surface area contributed by atoms with Crippen molar-refractivity contribution in [3.8, 4) is 0 Å².